The van der Waals surface area contributed by atoms with E-state index < -0.39 is 0 Å². The molecule has 5 rings (SSSR count). The quantitative estimate of drug-likeness (QED) is 0.866. The van der Waals surface area contributed by atoms with Crippen LogP contribution in [-0.2, 0) is 6.61 Å². The van der Waals surface area contributed by atoms with Crippen molar-refractivity contribution in [3.05, 3.63) is 35.5 Å². The largest absolute Gasteiger partial charge is 0.392 e. The van der Waals surface area contributed by atoms with E-state index >= 15 is 0 Å². The summed E-state index contributed by atoms with van der Waals surface area (Å²) in [6, 6.07) is 6.17. The first-order chi connectivity index (χ1) is 9.36. The van der Waals surface area contributed by atoms with E-state index in [9.17, 15) is 5.11 Å². The fourth-order valence-electron chi connectivity index (χ4n) is 4.03. The number of aliphatic hydroxyl groups is 1. The number of nitrogens with zero attached hydrogens (tertiary/aromatic N) is 1. The topological polar surface area (TPSA) is 39.3 Å². The molecular formula is C16H20N2O. The summed E-state index contributed by atoms with van der Waals surface area (Å²) >= 11 is 0. The van der Waals surface area contributed by atoms with Crippen LogP contribution in [0.25, 0.3) is 10.9 Å². The molecule has 3 fully saturated rings. The number of hydrogen-bond donors (Lipinski definition) is 2. The maximum Gasteiger partial charge on any atom is 0.0688 e. The van der Waals surface area contributed by atoms with Crippen molar-refractivity contribution in [3.63, 3.8) is 0 Å². The van der Waals surface area contributed by atoms with Gasteiger partial charge in [-0.25, -0.2) is 0 Å². The molecule has 2 aromatic rings. The lowest BCUT2D eigenvalue weighted by molar-refractivity contribution is 0.0876. The number of benzene rings is 1. The van der Waals surface area contributed by atoms with Gasteiger partial charge in [-0.1, -0.05) is 12.1 Å². The van der Waals surface area contributed by atoms with Crippen molar-refractivity contribution in [2.24, 2.45) is 5.92 Å². The Hall–Kier alpha value is -1.32. The van der Waals surface area contributed by atoms with Gasteiger partial charge in [0.1, 0.15) is 0 Å². The van der Waals surface area contributed by atoms with Crippen LogP contribution in [0.4, 0.5) is 0 Å². The third-order valence-electron chi connectivity index (χ3n) is 5.05. The van der Waals surface area contributed by atoms with Gasteiger partial charge in [-0.05, 0) is 49.0 Å². The Morgan fingerprint density at radius 1 is 1.26 bits per heavy atom. The summed E-state index contributed by atoms with van der Waals surface area (Å²) in [6.45, 7) is 3.87. The number of H-pyrrole nitrogens is 1. The summed E-state index contributed by atoms with van der Waals surface area (Å²) in [4.78, 5) is 5.98. The van der Waals surface area contributed by atoms with Gasteiger partial charge in [0.05, 0.1) is 6.61 Å². The third-order valence-corrected chi connectivity index (χ3v) is 5.05. The molecule has 4 heterocycles. The second-order valence-corrected chi connectivity index (χ2v) is 5.99. The van der Waals surface area contributed by atoms with Crippen molar-refractivity contribution in [1.82, 2.24) is 9.88 Å². The maximum atomic E-state index is 9.58. The highest BCUT2D eigenvalue weighted by Gasteiger charge is 2.36. The first-order valence-corrected chi connectivity index (χ1v) is 7.29. The van der Waals surface area contributed by atoms with Gasteiger partial charge in [-0.2, -0.15) is 0 Å². The Morgan fingerprint density at radius 3 is 2.79 bits per heavy atom. The highest BCUT2D eigenvalue weighted by molar-refractivity contribution is 5.87. The lowest BCUT2D eigenvalue weighted by atomic mass is 9.75. The van der Waals surface area contributed by atoms with Crippen LogP contribution in [0.5, 0.6) is 0 Å². The third kappa shape index (κ3) is 1.72. The Labute approximate surface area is 113 Å². The number of hydrogen-bond acceptors (Lipinski definition) is 2. The van der Waals surface area contributed by atoms with Gasteiger partial charge in [-0.15, -0.1) is 0 Å². The molecule has 19 heavy (non-hydrogen) atoms. The van der Waals surface area contributed by atoms with E-state index in [0.29, 0.717) is 5.92 Å². The molecule has 1 unspecified atom stereocenters. The van der Waals surface area contributed by atoms with Gasteiger partial charge >= 0.3 is 0 Å². The molecule has 0 aliphatic carbocycles. The molecule has 2 N–H and O–H groups in total. The molecule has 3 heteroatoms. The highest BCUT2D eigenvalue weighted by Crippen LogP contribution is 2.42. The van der Waals surface area contributed by atoms with Crippen molar-refractivity contribution in [2.45, 2.75) is 25.4 Å². The van der Waals surface area contributed by atoms with Gasteiger partial charge in [0.15, 0.2) is 0 Å². The number of fused-ring (bicyclic) bond motifs is 4. The molecule has 1 aromatic heterocycles. The molecule has 3 aliphatic heterocycles. The lowest BCUT2D eigenvalue weighted by Gasteiger charge is -2.45. The zero-order valence-electron chi connectivity index (χ0n) is 11.1. The second-order valence-electron chi connectivity index (χ2n) is 5.99. The summed E-state index contributed by atoms with van der Waals surface area (Å²) in [5.74, 6) is 1.47. The van der Waals surface area contributed by atoms with Crippen LogP contribution in [-0.4, -0.2) is 34.6 Å². The first kappa shape index (κ1) is 11.5. The number of nitrogens with one attached hydrogen (secondary N) is 1. The van der Waals surface area contributed by atoms with E-state index in [1.807, 2.05) is 12.1 Å². The number of rotatable bonds is 2. The highest BCUT2D eigenvalue weighted by atomic mass is 16.3. The molecular weight excluding hydrogens is 236 g/mol. The predicted molar refractivity (Wildman–Crippen MR) is 76.1 cm³/mol. The van der Waals surface area contributed by atoms with E-state index in [-0.39, 0.29) is 6.61 Å². The zero-order valence-corrected chi connectivity index (χ0v) is 11.1. The van der Waals surface area contributed by atoms with E-state index in [1.165, 1.54) is 43.4 Å². The first-order valence-electron chi connectivity index (χ1n) is 7.29. The van der Waals surface area contributed by atoms with E-state index in [0.717, 1.165) is 17.0 Å². The molecule has 1 atom stereocenters. The van der Waals surface area contributed by atoms with Crippen LogP contribution >= 0.6 is 0 Å². The Balaban J connectivity index is 1.83. The van der Waals surface area contributed by atoms with Crippen LogP contribution in [0.2, 0.25) is 0 Å². The summed E-state index contributed by atoms with van der Waals surface area (Å²) < 4.78 is 0. The Bertz CT molecular complexity index is 596. The monoisotopic (exact) mass is 256 g/mol. The molecule has 0 saturated carbocycles. The van der Waals surface area contributed by atoms with E-state index in [2.05, 4.69) is 22.1 Å². The normalized spacial score (nSPS) is 30.1. The Kier molecular flexibility index (Phi) is 2.64. The summed E-state index contributed by atoms with van der Waals surface area (Å²) in [7, 11) is 0. The minimum Gasteiger partial charge on any atom is -0.392 e. The number of aliphatic hydroxyl groups excluding tert-OH is 1. The predicted octanol–water partition coefficient (Wildman–Crippen LogP) is 2.47. The van der Waals surface area contributed by atoms with Crippen LogP contribution in [0.3, 0.4) is 0 Å². The summed E-state index contributed by atoms with van der Waals surface area (Å²) in [6.07, 6.45) is 4.84. The molecule has 1 aromatic carbocycles. The van der Waals surface area contributed by atoms with Gasteiger partial charge in [-0.3, -0.25) is 0 Å². The van der Waals surface area contributed by atoms with Crippen molar-refractivity contribution in [2.75, 3.05) is 19.6 Å². The average molecular weight is 256 g/mol. The Morgan fingerprint density at radius 2 is 2.11 bits per heavy atom. The maximum absolute atomic E-state index is 9.58. The smallest absolute Gasteiger partial charge is 0.0688 e. The van der Waals surface area contributed by atoms with Crippen LogP contribution in [0.1, 0.15) is 29.9 Å². The van der Waals surface area contributed by atoms with Crippen LogP contribution < -0.4 is 0 Å². The van der Waals surface area contributed by atoms with Crippen LogP contribution in [0.15, 0.2) is 24.4 Å². The fourth-order valence-corrected chi connectivity index (χ4v) is 4.03. The van der Waals surface area contributed by atoms with Crippen molar-refractivity contribution < 1.29 is 5.11 Å². The molecule has 2 bridgehead atoms. The number of aromatic nitrogens is 1. The standard InChI is InChI=1S/C16H20N2O/c19-10-12-2-1-3-15-16(12)13(8-17-15)14-9-18-6-4-11(14)5-7-18/h1-3,8,11,14,17,19H,4-7,9-10H2. The van der Waals surface area contributed by atoms with E-state index in [4.69, 9.17) is 0 Å². The number of aromatic amines is 1. The number of piperidine rings is 3. The van der Waals surface area contributed by atoms with Crippen LogP contribution in [0, 0.1) is 5.92 Å². The van der Waals surface area contributed by atoms with E-state index in [1.54, 1.807) is 0 Å². The molecule has 3 aliphatic rings. The van der Waals surface area contributed by atoms with Crippen molar-refractivity contribution in [3.8, 4) is 0 Å². The SMILES string of the molecule is OCc1cccc2[nH]cc(C3CN4CCC3CC4)c12. The average Bonchev–Trinajstić information content (AvgIpc) is 2.92. The molecule has 100 valence electrons. The molecule has 3 nitrogen and oxygen atoms in total. The lowest BCUT2D eigenvalue weighted by Crippen LogP contribution is -2.46. The second kappa shape index (κ2) is 4.36. The zero-order chi connectivity index (χ0) is 12.8. The molecule has 0 radical (unpaired) electrons. The van der Waals surface area contributed by atoms with Crippen molar-refractivity contribution in [1.29, 1.82) is 0 Å². The summed E-state index contributed by atoms with van der Waals surface area (Å²) in [5, 5.41) is 10.9. The fraction of sp³-hybridized carbons (Fsp3) is 0.500. The van der Waals surface area contributed by atoms with Gasteiger partial charge < -0.3 is 15.0 Å². The molecule has 3 saturated heterocycles. The molecule has 0 amide bonds. The van der Waals surface area contributed by atoms with Gasteiger partial charge in [0.2, 0.25) is 0 Å². The minimum atomic E-state index is 0.128. The van der Waals surface area contributed by atoms with Crippen molar-refractivity contribution >= 4 is 10.9 Å². The van der Waals surface area contributed by atoms with Gasteiger partial charge in [0.25, 0.3) is 0 Å². The molecule has 0 spiro atoms. The van der Waals surface area contributed by atoms with Gasteiger partial charge in [0, 0.05) is 29.6 Å². The minimum absolute atomic E-state index is 0.128. The summed E-state index contributed by atoms with van der Waals surface area (Å²) in [5.41, 5.74) is 3.65.